The third-order valence-corrected chi connectivity index (χ3v) is 5.18. The summed E-state index contributed by atoms with van der Waals surface area (Å²) in [7, 11) is 1.60. The van der Waals surface area contributed by atoms with E-state index < -0.39 is 0 Å². The van der Waals surface area contributed by atoms with Crippen LogP contribution in [-0.2, 0) is 17.8 Å². The third kappa shape index (κ3) is 5.08. The summed E-state index contributed by atoms with van der Waals surface area (Å²) in [6, 6.07) is 16.0. The van der Waals surface area contributed by atoms with Crippen LogP contribution in [0.15, 0.2) is 54.6 Å². The van der Waals surface area contributed by atoms with E-state index in [-0.39, 0.29) is 17.9 Å². The van der Waals surface area contributed by atoms with E-state index in [4.69, 9.17) is 0 Å². The molecule has 0 fully saturated rings. The molecule has 0 spiro atoms. The Morgan fingerprint density at radius 2 is 1.82 bits per heavy atom. The first-order valence-electron chi connectivity index (χ1n) is 9.65. The summed E-state index contributed by atoms with van der Waals surface area (Å²) in [5, 5.41) is 5.57. The van der Waals surface area contributed by atoms with Crippen molar-refractivity contribution in [2.24, 2.45) is 0 Å². The predicted octanol–water partition coefficient (Wildman–Crippen LogP) is 2.62. The van der Waals surface area contributed by atoms with Crippen LogP contribution in [0.25, 0.3) is 6.08 Å². The van der Waals surface area contributed by atoms with Gasteiger partial charge in [-0.05, 0) is 48.2 Å². The van der Waals surface area contributed by atoms with Crippen molar-refractivity contribution < 1.29 is 9.59 Å². The quantitative estimate of drug-likeness (QED) is 0.761. The molecule has 5 nitrogen and oxygen atoms in total. The normalized spacial score (nSPS) is 15.1. The van der Waals surface area contributed by atoms with Crippen molar-refractivity contribution in [3.8, 4) is 0 Å². The van der Waals surface area contributed by atoms with Gasteiger partial charge in [-0.3, -0.25) is 14.5 Å². The smallest absolute Gasteiger partial charge is 0.251 e. The molecule has 2 N–H and O–H groups in total. The number of fused-ring (bicyclic) bond motifs is 1. The molecule has 0 radical (unpaired) electrons. The minimum atomic E-state index is -0.123. The third-order valence-electron chi connectivity index (χ3n) is 5.18. The average Bonchev–Trinajstić information content (AvgIpc) is 2.75. The second kappa shape index (κ2) is 9.33. The fourth-order valence-electron chi connectivity index (χ4n) is 3.39. The molecule has 0 saturated carbocycles. The molecule has 5 heteroatoms. The maximum atomic E-state index is 12.1. The fraction of sp³-hybridized carbons (Fsp3) is 0.304. The molecule has 0 saturated heterocycles. The van der Waals surface area contributed by atoms with Gasteiger partial charge in [0.1, 0.15) is 0 Å². The molecule has 1 unspecified atom stereocenters. The highest BCUT2D eigenvalue weighted by molar-refractivity contribution is 5.94. The molecule has 28 heavy (non-hydrogen) atoms. The molecular formula is C23H27N3O2. The Hall–Kier alpha value is -2.92. The lowest BCUT2D eigenvalue weighted by Crippen LogP contribution is -2.44. The van der Waals surface area contributed by atoms with E-state index in [0.717, 1.165) is 25.1 Å². The van der Waals surface area contributed by atoms with Gasteiger partial charge in [0.2, 0.25) is 5.91 Å². The SMILES string of the molecule is CNC(=O)c1ccc(/C=C/C(=O)NCC(C)N2CCc3ccccc3C2)cc1. The van der Waals surface area contributed by atoms with Crippen molar-refractivity contribution in [2.75, 3.05) is 20.1 Å². The van der Waals surface area contributed by atoms with E-state index in [1.165, 1.54) is 17.2 Å². The molecule has 3 rings (SSSR count). The van der Waals surface area contributed by atoms with Gasteiger partial charge >= 0.3 is 0 Å². The van der Waals surface area contributed by atoms with E-state index >= 15 is 0 Å². The number of hydrogen-bond donors (Lipinski definition) is 2. The largest absolute Gasteiger partial charge is 0.355 e. The number of nitrogens with one attached hydrogen (secondary N) is 2. The molecule has 1 atom stereocenters. The van der Waals surface area contributed by atoms with Crippen molar-refractivity contribution in [1.82, 2.24) is 15.5 Å². The second-order valence-electron chi connectivity index (χ2n) is 7.12. The van der Waals surface area contributed by atoms with Crippen LogP contribution in [0.3, 0.4) is 0 Å². The second-order valence-corrected chi connectivity index (χ2v) is 7.12. The zero-order chi connectivity index (χ0) is 19.9. The number of hydrogen-bond acceptors (Lipinski definition) is 3. The van der Waals surface area contributed by atoms with Gasteiger partial charge in [-0.2, -0.15) is 0 Å². The molecule has 2 aromatic rings. The number of carbonyl (C=O) groups is 2. The maximum absolute atomic E-state index is 12.1. The number of carbonyl (C=O) groups excluding carboxylic acids is 2. The summed E-state index contributed by atoms with van der Waals surface area (Å²) in [5.41, 5.74) is 4.29. The first-order chi connectivity index (χ1) is 13.6. The first-order valence-corrected chi connectivity index (χ1v) is 9.65. The highest BCUT2D eigenvalue weighted by Crippen LogP contribution is 2.19. The van der Waals surface area contributed by atoms with Crippen molar-refractivity contribution in [1.29, 1.82) is 0 Å². The monoisotopic (exact) mass is 377 g/mol. The zero-order valence-electron chi connectivity index (χ0n) is 16.4. The van der Waals surface area contributed by atoms with Crippen molar-refractivity contribution in [3.63, 3.8) is 0 Å². The van der Waals surface area contributed by atoms with Crippen LogP contribution in [0.1, 0.15) is 34.0 Å². The highest BCUT2D eigenvalue weighted by atomic mass is 16.2. The van der Waals surface area contributed by atoms with E-state index in [9.17, 15) is 9.59 Å². The maximum Gasteiger partial charge on any atom is 0.251 e. The molecule has 2 aromatic carbocycles. The number of rotatable bonds is 6. The molecule has 146 valence electrons. The molecule has 1 aliphatic rings. The number of benzene rings is 2. The highest BCUT2D eigenvalue weighted by Gasteiger charge is 2.20. The molecule has 0 aromatic heterocycles. The molecular weight excluding hydrogens is 350 g/mol. The van der Waals surface area contributed by atoms with Gasteiger partial charge in [0.15, 0.2) is 0 Å². The standard InChI is InChI=1S/C23H27N3O2/c1-17(26-14-13-19-5-3-4-6-21(19)16-26)15-25-22(27)12-9-18-7-10-20(11-8-18)23(28)24-2/h3-12,17H,13-16H2,1-2H3,(H,24,28)(H,25,27)/b12-9+. The Kier molecular flexibility index (Phi) is 6.61. The summed E-state index contributed by atoms with van der Waals surface area (Å²) >= 11 is 0. The topological polar surface area (TPSA) is 61.4 Å². The van der Waals surface area contributed by atoms with E-state index in [1.54, 1.807) is 25.3 Å². The van der Waals surface area contributed by atoms with Crippen LogP contribution < -0.4 is 10.6 Å². The Bertz CT molecular complexity index is 858. The summed E-state index contributed by atoms with van der Waals surface area (Å²) in [5.74, 6) is -0.234. The van der Waals surface area contributed by atoms with Crippen LogP contribution in [-0.4, -0.2) is 42.9 Å². The van der Waals surface area contributed by atoms with Gasteiger partial charge in [0.25, 0.3) is 5.91 Å². The van der Waals surface area contributed by atoms with Gasteiger partial charge < -0.3 is 10.6 Å². The van der Waals surface area contributed by atoms with Crippen LogP contribution >= 0.6 is 0 Å². The predicted molar refractivity (Wildman–Crippen MR) is 112 cm³/mol. The average molecular weight is 377 g/mol. The summed E-state index contributed by atoms with van der Waals surface area (Å²) < 4.78 is 0. The van der Waals surface area contributed by atoms with Crippen molar-refractivity contribution in [2.45, 2.75) is 25.9 Å². The minimum Gasteiger partial charge on any atom is -0.355 e. The van der Waals surface area contributed by atoms with Gasteiger partial charge in [-0.1, -0.05) is 36.4 Å². The first kappa shape index (κ1) is 19.8. The Labute approximate surface area is 166 Å². The summed E-state index contributed by atoms with van der Waals surface area (Å²) in [6.45, 7) is 4.71. The van der Waals surface area contributed by atoms with Crippen LogP contribution in [0.2, 0.25) is 0 Å². The van der Waals surface area contributed by atoms with Crippen molar-refractivity contribution in [3.05, 3.63) is 76.9 Å². The fourth-order valence-corrected chi connectivity index (χ4v) is 3.39. The van der Waals surface area contributed by atoms with E-state index in [2.05, 4.69) is 46.7 Å². The van der Waals surface area contributed by atoms with E-state index in [0.29, 0.717) is 12.1 Å². The lowest BCUT2D eigenvalue weighted by Gasteiger charge is -2.33. The Morgan fingerprint density at radius 3 is 2.54 bits per heavy atom. The number of amides is 2. The van der Waals surface area contributed by atoms with Gasteiger partial charge in [0, 0.05) is 44.4 Å². The van der Waals surface area contributed by atoms with Gasteiger partial charge in [0.05, 0.1) is 0 Å². The van der Waals surface area contributed by atoms with Crippen LogP contribution in [0.5, 0.6) is 0 Å². The van der Waals surface area contributed by atoms with Crippen molar-refractivity contribution >= 4 is 17.9 Å². The molecule has 1 heterocycles. The minimum absolute atomic E-state index is 0.111. The molecule has 0 aliphatic carbocycles. The molecule has 2 amide bonds. The summed E-state index contributed by atoms with van der Waals surface area (Å²) in [4.78, 5) is 26.1. The lowest BCUT2D eigenvalue weighted by atomic mass is 9.99. The molecule has 1 aliphatic heterocycles. The Morgan fingerprint density at radius 1 is 1.11 bits per heavy atom. The zero-order valence-corrected chi connectivity index (χ0v) is 16.4. The van der Waals surface area contributed by atoms with E-state index in [1.807, 2.05) is 12.1 Å². The Balaban J connectivity index is 1.47. The number of nitrogens with zero attached hydrogens (tertiary/aromatic N) is 1. The lowest BCUT2D eigenvalue weighted by molar-refractivity contribution is -0.116. The summed E-state index contributed by atoms with van der Waals surface area (Å²) in [6.07, 6.45) is 4.35. The van der Waals surface area contributed by atoms with Gasteiger partial charge in [-0.25, -0.2) is 0 Å². The molecule has 0 bridgehead atoms. The van der Waals surface area contributed by atoms with Gasteiger partial charge in [-0.15, -0.1) is 0 Å². The van der Waals surface area contributed by atoms with Crippen LogP contribution in [0.4, 0.5) is 0 Å². The van der Waals surface area contributed by atoms with Crippen LogP contribution in [0, 0.1) is 0 Å².